The number of anilines is 2. The molecule has 0 radical (unpaired) electrons. The Morgan fingerprint density at radius 3 is 2.74 bits per heavy atom. The summed E-state index contributed by atoms with van der Waals surface area (Å²) < 4.78 is 14.1. The summed E-state index contributed by atoms with van der Waals surface area (Å²) in [4.78, 5) is 12.1. The molecule has 0 fully saturated rings. The summed E-state index contributed by atoms with van der Waals surface area (Å²) in [6.07, 6.45) is 0. The monoisotopic (exact) mass is 342 g/mol. The lowest BCUT2D eigenvalue weighted by Gasteiger charge is -2.10. The van der Waals surface area contributed by atoms with Gasteiger partial charge in [0.2, 0.25) is 0 Å². The SMILES string of the molecule is Nc1ccc(Cl)cc1C(=O)Nc1c(F)cccc1Br. The minimum Gasteiger partial charge on any atom is -0.398 e. The number of hydrogen-bond donors (Lipinski definition) is 2. The number of amides is 1. The van der Waals surface area contributed by atoms with Gasteiger partial charge in [0, 0.05) is 15.2 Å². The molecule has 0 aromatic heterocycles. The predicted molar refractivity (Wildman–Crippen MR) is 77.9 cm³/mol. The van der Waals surface area contributed by atoms with E-state index in [0.29, 0.717) is 9.50 Å². The Balaban J connectivity index is 2.34. The maximum Gasteiger partial charge on any atom is 0.257 e. The van der Waals surface area contributed by atoms with Crippen molar-refractivity contribution in [3.8, 4) is 0 Å². The minimum absolute atomic E-state index is 0.0619. The van der Waals surface area contributed by atoms with Crippen LogP contribution >= 0.6 is 27.5 Å². The van der Waals surface area contributed by atoms with Crippen LogP contribution in [0.5, 0.6) is 0 Å². The number of benzene rings is 2. The van der Waals surface area contributed by atoms with Crippen LogP contribution in [0.25, 0.3) is 0 Å². The molecule has 3 nitrogen and oxygen atoms in total. The van der Waals surface area contributed by atoms with E-state index >= 15 is 0 Å². The van der Waals surface area contributed by atoms with Crippen molar-refractivity contribution < 1.29 is 9.18 Å². The Bertz CT molecular complexity index is 628. The van der Waals surface area contributed by atoms with E-state index in [9.17, 15) is 9.18 Å². The van der Waals surface area contributed by atoms with E-state index in [1.807, 2.05) is 0 Å². The average molecular weight is 344 g/mol. The Hall–Kier alpha value is -1.59. The Labute approximate surface area is 122 Å². The molecule has 1 amide bonds. The first kappa shape index (κ1) is 13.8. The van der Waals surface area contributed by atoms with Gasteiger partial charge < -0.3 is 11.1 Å². The molecule has 2 aromatic rings. The summed E-state index contributed by atoms with van der Waals surface area (Å²) in [6.45, 7) is 0. The van der Waals surface area contributed by atoms with E-state index < -0.39 is 11.7 Å². The maximum absolute atomic E-state index is 13.6. The third kappa shape index (κ3) is 3.05. The van der Waals surface area contributed by atoms with Crippen molar-refractivity contribution in [3.63, 3.8) is 0 Å². The summed E-state index contributed by atoms with van der Waals surface area (Å²) >= 11 is 8.98. The number of carbonyl (C=O) groups excluding carboxylic acids is 1. The first-order valence-corrected chi connectivity index (χ1v) is 6.46. The molecule has 2 rings (SSSR count). The summed E-state index contributed by atoms with van der Waals surface area (Å²) in [6, 6.07) is 8.94. The number of carbonyl (C=O) groups is 1. The first-order chi connectivity index (χ1) is 8.99. The number of halogens is 3. The summed E-state index contributed by atoms with van der Waals surface area (Å²) in [5.74, 6) is -1.06. The van der Waals surface area contributed by atoms with E-state index in [4.69, 9.17) is 17.3 Å². The van der Waals surface area contributed by atoms with E-state index in [1.54, 1.807) is 12.1 Å². The lowest BCUT2D eigenvalue weighted by molar-refractivity contribution is 0.102. The molecule has 0 aliphatic carbocycles. The normalized spacial score (nSPS) is 10.3. The standard InChI is InChI=1S/C13H9BrClFN2O/c14-9-2-1-3-10(16)12(9)18-13(19)8-6-7(15)4-5-11(8)17/h1-6H,17H2,(H,18,19). The van der Waals surface area contributed by atoms with E-state index in [0.717, 1.165) is 0 Å². The van der Waals surface area contributed by atoms with E-state index in [2.05, 4.69) is 21.2 Å². The van der Waals surface area contributed by atoms with Crippen molar-refractivity contribution in [1.82, 2.24) is 0 Å². The van der Waals surface area contributed by atoms with Crippen LogP contribution in [0.3, 0.4) is 0 Å². The number of nitrogen functional groups attached to an aromatic ring is 1. The smallest absolute Gasteiger partial charge is 0.257 e. The van der Waals surface area contributed by atoms with Crippen LogP contribution < -0.4 is 11.1 Å². The number of para-hydroxylation sites is 1. The fourth-order valence-electron chi connectivity index (χ4n) is 1.52. The van der Waals surface area contributed by atoms with Crippen molar-refractivity contribution >= 4 is 44.8 Å². The van der Waals surface area contributed by atoms with Gasteiger partial charge in [-0.3, -0.25) is 4.79 Å². The highest BCUT2D eigenvalue weighted by atomic mass is 79.9. The van der Waals surface area contributed by atoms with Crippen molar-refractivity contribution in [2.75, 3.05) is 11.1 Å². The zero-order valence-corrected chi connectivity index (χ0v) is 11.9. The van der Waals surface area contributed by atoms with Gasteiger partial charge in [0.1, 0.15) is 5.82 Å². The van der Waals surface area contributed by atoms with Crippen LogP contribution in [0.4, 0.5) is 15.8 Å². The number of rotatable bonds is 2. The van der Waals surface area contributed by atoms with Gasteiger partial charge in [0.05, 0.1) is 11.3 Å². The molecule has 0 atom stereocenters. The van der Waals surface area contributed by atoms with Gasteiger partial charge in [-0.25, -0.2) is 4.39 Å². The largest absolute Gasteiger partial charge is 0.398 e. The molecule has 0 spiro atoms. The lowest BCUT2D eigenvalue weighted by atomic mass is 10.1. The molecule has 6 heteroatoms. The van der Waals surface area contributed by atoms with Gasteiger partial charge in [-0.15, -0.1) is 0 Å². The highest BCUT2D eigenvalue weighted by Gasteiger charge is 2.14. The van der Waals surface area contributed by atoms with Crippen LogP contribution in [0.1, 0.15) is 10.4 Å². The maximum atomic E-state index is 13.6. The van der Waals surface area contributed by atoms with Crippen molar-refractivity contribution in [2.45, 2.75) is 0 Å². The molecule has 19 heavy (non-hydrogen) atoms. The molecule has 0 aliphatic heterocycles. The zero-order chi connectivity index (χ0) is 14.0. The molecule has 0 aliphatic rings. The van der Waals surface area contributed by atoms with Crippen LogP contribution in [0, 0.1) is 5.82 Å². The Morgan fingerprint density at radius 1 is 1.32 bits per heavy atom. The van der Waals surface area contributed by atoms with Crippen LogP contribution in [0.2, 0.25) is 5.02 Å². The minimum atomic E-state index is -0.539. The summed E-state index contributed by atoms with van der Waals surface area (Å²) in [5.41, 5.74) is 6.23. The number of nitrogens with two attached hydrogens (primary N) is 1. The third-order valence-electron chi connectivity index (χ3n) is 2.46. The van der Waals surface area contributed by atoms with Gasteiger partial charge in [-0.05, 0) is 46.3 Å². The molecule has 0 saturated carbocycles. The van der Waals surface area contributed by atoms with Gasteiger partial charge in [0.15, 0.2) is 0 Å². The topological polar surface area (TPSA) is 55.1 Å². The Morgan fingerprint density at radius 2 is 2.05 bits per heavy atom. The Kier molecular flexibility index (Phi) is 4.07. The molecule has 2 aromatic carbocycles. The fourth-order valence-corrected chi connectivity index (χ4v) is 2.14. The second kappa shape index (κ2) is 5.59. The quantitative estimate of drug-likeness (QED) is 0.807. The zero-order valence-electron chi connectivity index (χ0n) is 9.58. The second-order valence-electron chi connectivity index (χ2n) is 3.78. The predicted octanol–water partition coefficient (Wildman–Crippen LogP) is 4.08. The molecule has 3 N–H and O–H groups in total. The van der Waals surface area contributed by atoms with Crippen molar-refractivity contribution in [2.24, 2.45) is 0 Å². The van der Waals surface area contributed by atoms with Crippen molar-refractivity contribution in [3.05, 3.63) is 57.3 Å². The summed E-state index contributed by atoms with van der Waals surface area (Å²) in [5, 5.41) is 2.84. The molecular formula is C13H9BrClFN2O. The molecule has 0 unspecified atom stereocenters. The highest BCUT2D eigenvalue weighted by Crippen LogP contribution is 2.27. The fraction of sp³-hybridized carbons (Fsp3) is 0. The average Bonchev–Trinajstić information content (AvgIpc) is 2.37. The molecule has 0 saturated heterocycles. The molecule has 0 heterocycles. The van der Waals surface area contributed by atoms with Crippen molar-refractivity contribution in [1.29, 1.82) is 0 Å². The third-order valence-corrected chi connectivity index (χ3v) is 3.36. The number of nitrogens with one attached hydrogen (secondary N) is 1. The van der Waals surface area contributed by atoms with E-state index in [-0.39, 0.29) is 16.9 Å². The van der Waals surface area contributed by atoms with Gasteiger partial charge >= 0.3 is 0 Å². The van der Waals surface area contributed by atoms with Crippen LogP contribution in [-0.4, -0.2) is 5.91 Å². The molecule has 0 bridgehead atoms. The lowest BCUT2D eigenvalue weighted by Crippen LogP contribution is -2.15. The second-order valence-corrected chi connectivity index (χ2v) is 5.07. The van der Waals surface area contributed by atoms with Gasteiger partial charge in [0.25, 0.3) is 5.91 Å². The first-order valence-electron chi connectivity index (χ1n) is 5.29. The van der Waals surface area contributed by atoms with Crippen LogP contribution in [0.15, 0.2) is 40.9 Å². The molecular weight excluding hydrogens is 335 g/mol. The van der Waals surface area contributed by atoms with Crippen LogP contribution in [-0.2, 0) is 0 Å². The molecule has 98 valence electrons. The summed E-state index contributed by atoms with van der Waals surface area (Å²) in [7, 11) is 0. The van der Waals surface area contributed by atoms with Gasteiger partial charge in [-0.2, -0.15) is 0 Å². The number of hydrogen-bond acceptors (Lipinski definition) is 2. The highest BCUT2D eigenvalue weighted by molar-refractivity contribution is 9.10. The van der Waals surface area contributed by atoms with E-state index in [1.165, 1.54) is 24.3 Å². The van der Waals surface area contributed by atoms with Gasteiger partial charge in [-0.1, -0.05) is 17.7 Å².